The van der Waals surface area contributed by atoms with E-state index < -0.39 is 0 Å². The monoisotopic (exact) mass is 391 g/mol. The standard InChI is InChI=1S/C25H21N5/c1-3-14-8-5-9-15-19(18(4-2)28-20(14)15)25-29-23-16-10-6-12-26-21(16)22-17(24(23)30-25)11-7-13-27-22/h5-13,28H,3-4H2,1-2H3,(H,29,30). The molecule has 0 spiro atoms. The van der Waals surface area contributed by atoms with E-state index >= 15 is 0 Å². The van der Waals surface area contributed by atoms with Crippen LogP contribution in [0, 0.1) is 0 Å². The molecule has 0 amide bonds. The van der Waals surface area contributed by atoms with E-state index in [1.165, 1.54) is 22.2 Å². The molecule has 30 heavy (non-hydrogen) atoms. The van der Waals surface area contributed by atoms with Crippen molar-refractivity contribution in [3.8, 4) is 11.4 Å². The van der Waals surface area contributed by atoms with Gasteiger partial charge in [-0.05, 0) is 42.7 Å². The Morgan fingerprint density at radius 1 is 0.700 bits per heavy atom. The Labute approximate surface area is 173 Å². The van der Waals surface area contributed by atoms with E-state index in [0.717, 1.165) is 57.1 Å². The van der Waals surface area contributed by atoms with Crippen molar-refractivity contribution in [3.05, 3.63) is 66.1 Å². The molecule has 0 saturated heterocycles. The van der Waals surface area contributed by atoms with Crippen LogP contribution in [0.5, 0.6) is 0 Å². The van der Waals surface area contributed by atoms with Gasteiger partial charge < -0.3 is 9.97 Å². The molecule has 0 aliphatic heterocycles. The van der Waals surface area contributed by atoms with Crippen LogP contribution in [0.2, 0.25) is 0 Å². The molecular formula is C25H21N5. The van der Waals surface area contributed by atoms with Crippen LogP contribution in [-0.4, -0.2) is 24.9 Å². The van der Waals surface area contributed by atoms with Gasteiger partial charge in [0.2, 0.25) is 0 Å². The van der Waals surface area contributed by atoms with E-state index in [4.69, 9.17) is 4.98 Å². The number of hydrogen-bond acceptors (Lipinski definition) is 3. The summed E-state index contributed by atoms with van der Waals surface area (Å²) >= 11 is 0. The first-order valence-corrected chi connectivity index (χ1v) is 10.4. The zero-order valence-corrected chi connectivity index (χ0v) is 17.0. The van der Waals surface area contributed by atoms with E-state index in [0.29, 0.717) is 0 Å². The van der Waals surface area contributed by atoms with E-state index in [2.05, 4.69) is 64.1 Å². The Morgan fingerprint density at radius 3 is 2.20 bits per heavy atom. The van der Waals surface area contributed by atoms with Gasteiger partial charge in [0.1, 0.15) is 5.82 Å². The molecule has 6 aromatic rings. The second kappa shape index (κ2) is 6.39. The second-order valence-electron chi connectivity index (χ2n) is 7.63. The van der Waals surface area contributed by atoms with Crippen molar-refractivity contribution in [2.24, 2.45) is 0 Å². The zero-order valence-electron chi connectivity index (χ0n) is 17.0. The Hall–Kier alpha value is -3.73. The minimum absolute atomic E-state index is 0.890. The maximum atomic E-state index is 5.10. The number of aryl methyl sites for hydroxylation is 2. The van der Waals surface area contributed by atoms with E-state index in [9.17, 15) is 0 Å². The normalized spacial score (nSPS) is 11.9. The predicted molar refractivity (Wildman–Crippen MR) is 123 cm³/mol. The molecule has 0 bridgehead atoms. The van der Waals surface area contributed by atoms with Crippen LogP contribution in [-0.2, 0) is 12.8 Å². The van der Waals surface area contributed by atoms with Gasteiger partial charge in [-0.15, -0.1) is 0 Å². The predicted octanol–water partition coefficient (Wildman–Crippen LogP) is 5.93. The smallest absolute Gasteiger partial charge is 0.140 e. The number of para-hydroxylation sites is 1. The number of nitrogens with one attached hydrogen (secondary N) is 2. The maximum absolute atomic E-state index is 5.10. The second-order valence-corrected chi connectivity index (χ2v) is 7.63. The quantitative estimate of drug-likeness (QED) is 0.367. The Balaban J connectivity index is 1.76. The SMILES string of the molecule is CCc1[nH]c2c(CC)cccc2c1-c1nc2c3cccnc3c3ncccc3c2[nH]1. The van der Waals surface area contributed by atoms with Gasteiger partial charge in [0.15, 0.2) is 0 Å². The molecule has 6 rings (SSSR count). The molecule has 0 radical (unpaired) electrons. The third kappa shape index (κ3) is 2.26. The highest BCUT2D eigenvalue weighted by Gasteiger charge is 2.20. The lowest BCUT2D eigenvalue weighted by molar-refractivity contribution is 1.06. The van der Waals surface area contributed by atoms with Crippen LogP contribution >= 0.6 is 0 Å². The van der Waals surface area contributed by atoms with Crippen molar-refractivity contribution < 1.29 is 0 Å². The largest absolute Gasteiger partial charge is 0.358 e. The highest BCUT2D eigenvalue weighted by molar-refractivity contribution is 6.21. The van der Waals surface area contributed by atoms with Crippen LogP contribution in [0.15, 0.2) is 54.9 Å². The molecule has 0 aliphatic carbocycles. The Bertz CT molecular complexity index is 1500. The van der Waals surface area contributed by atoms with Gasteiger partial charge in [-0.1, -0.05) is 32.0 Å². The van der Waals surface area contributed by atoms with Gasteiger partial charge in [0, 0.05) is 45.3 Å². The van der Waals surface area contributed by atoms with Crippen molar-refractivity contribution in [3.63, 3.8) is 0 Å². The summed E-state index contributed by atoms with van der Waals surface area (Å²) in [5, 5.41) is 3.29. The number of hydrogen-bond donors (Lipinski definition) is 2. The summed E-state index contributed by atoms with van der Waals surface area (Å²) in [6.45, 7) is 4.38. The molecule has 0 aliphatic rings. The number of nitrogens with zero attached hydrogens (tertiary/aromatic N) is 3. The lowest BCUT2D eigenvalue weighted by Crippen LogP contribution is -1.86. The molecule has 5 heteroatoms. The number of aromatic nitrogens is 5. The van der Waals surface area contributed by atoms with Crippen LogP contribution in [0.4, 0.5) is 0 Å². The fourth-order valence-electron chi connectivity index (χ4n) is 4.62. The molecular weight excluding hydrogens is 370 g/mol. The summed E-state index contributed by atoms with van der Waals surface area (Å²) in [4.78, 5) is 21.6. The number of imidazole rings is 1. The average molecular weight is 391 g/mol. The van der Waals surface area contributed by atoms with E-state index in [1.807, 2.05) is 24.5 Å². The van der Waals surface area contributed by atoms with Crippen LogP contribution in [0.3, 0.4) is 0 Å². The molecule has 5 nitrogen and oxygen atoms in total. The Kier molecular flexibility index (Phi) is 3.65. The number of fused-ring (bicyclic) bond motifs is 7. The van der Waals surface area contributed by atoms with Gasteiger partial charge in [-0.25, -0.2) is 4.98 Å². The minimum Gasteiger partial charge on any atom is -0.358 e. The van der Waals surface area contributed by atoms with Crippen molar-refractivity contribution in [1.82, 2.24) is 24.9 Å². The van der Waals surface area contributed by atoms with E-state index in [-0.39, 0.29) is 0 Å². The Morgan fingerprint density at radius 2 is 1.43 bits per heavy atom. The van der Waals surface area contributed by atoms with Crippen LogP contribution < -0.4 is 0 Å². The van der Waals surface area contributed by atoms with Gasteiger partial charge in [0.25, 0.3) is 0 Å². The maximum Gasteiger partial charge on any atom is 0.140 e. The first-order valence-electron chi connectivity index (χ1n) is 10.4. The summed E-state index contributed by atoms with van der Waals surface area (Å²) in [5.74, 6) is 0.892. The van der Waals surface area contributed by atoms with Crippen LogP contribution in [0.1, 0.15) is 25.1 Å². The molecule has 4 aromatic heterocycles. The summed E-state index contributed by atoms with van der Waals surface area (Å²) < 4.78 is 0. The van der Waals surface area contributed by atoms with Crippen molar-refractivity contribution >= 4 is 43.7 Å². The summed E-state index contributed by atoms with van der Waals surface area (Å²) in [5.41, 5.74) is 8.65. The fraction of sp³-hybridized carbons (Fsp3) is 0.160. The lowest BCUT2D eigenvalue weighted by Gasteiger charge is -2.03. The minimum atomic E-state index is 0.890. The molecule has 2 aromatic carbocycles. The molecule has 0 fully saturated rings. The third-order valence-electron chi connectivity index (χ3n) is 6.04. The van der Waals surface area contributed by atoms with Crippen molar-refractivity contribution in [1.29, 1.82) is 0 Å². The molecule has 0 saturated carbocycles. The van der Waals surface area contributed by atoms with Gasteiger partial charge in [0.05, 0.1) is 22.1 Å². The number of aromatic amines is 2. The van der Waals surface area contributed by atoms with Gasteiger partial charge >= 0.3 is 0 Å². The highest BCUT2D eigenvalue weighted by Crippen LogP contribution is 2.37. The summed E-state index contributed by atoms with van der Waals surface area (Å²) in [7, 11) is 0. The molecule has 4 heterocycles. The number of pyridine rings is 2. The number of benzene rings is 2. The van der Waals surface area contributed by atoms with E-state index in [1.54, 1.807) is 0 Å². The number of H-pyrrole nitrogens is 2. The number of rotatable bonds is 3. The third-order valence-corrected chi connectivity index (χ3v) is 6.04. The average Bonchev–Trinajstić information content (AvgIpc) is 3.40. The van der Waals surface area contributed by atoms with Crippen LogP contribution in [0.25, 0.3) is 55.1 Å². The summed E-state index contributed by atoms with van der Waals surface area (Å²) in [6, 6.07) is 14.6. The van der Waals surface area contributed by atoms with Crippen molar-refractivity contribution in [2.75, 3.05) is 0 Å². The molecule has 0 unspecified atom stereocenters. The molecule has 0 atom stereocenters. The first kappa shape index (κ1) is 17.2. The zero-order chi connectivity index (χ0) is 20.2. The lowest BCUT2D eigenvalue weighted by atomic mass is 10.1. The van der Waals surface area contributed by atoms with Crippen molar-refractivity contribution in [2.45, 2.75) is 26.7 Å². The molecule has 146 valence electrons. The topological polar surface area (TPSA) is 70.2 Å². The van der Waals surface area contributed by atoms with Gasteiger partial charge in [-0.3, -0.25) is 9.97 Å². The highest BCUT2D eigenvalue weighted by atomic mass is 14.9. The molecule has 2 N–H and O–H groups in total. The fourth-order valence-corrected chi connectivity index (χ4v) is 4.62. The van der Waals surface area contributed by atoms with Gasteiger partial charge in [-0.2, -0.15) is 0 Å². The summed E-state index contributed by atoms with van der Waals surface area (Å²) in [6.07, 6.45) is 5.54. The first-order chi connectivity index (χ1) is 14.8.